The summed E-state index contributed by atoms with van der Waals surface area (Å²) in [7, 11) is 1.66. The summed E-state index contributed by atoms with van der Waals surface area (Å²) in [5, 5.41) is 14.4. The molecule has 5 heterocycles. The van der Waals surface area contributed by atoms with Gasteiger partial charge in [-0.15, -0.1) is 6.58 Å². The van der Waals surface area contributed by atoms with Crippen LogP contribution in [0.2, 0.25) is 0 Å². The lowest BCUT2D eigenvalue weighted by Crippen LogP contribution is -2.54. The molecule has 4 aliphatic rings. The lowest BCUT2D eigenvalue weighted by Gasteiger charge is -2.50. The number of fused-ring (bicyclic) bond motifs is 5. The van der Waals surface area contributed by atoms with E-state index in [1.807, 2.05) is 43.3 Å². The number of carbonyl (C=O) groups is 2. The molecule has 0 spiro atoms. The number of aromatic nitrogens is 1. The summed E-state index contributed by atoms with van der Waals surface area (Å²) in [5.74, 6) is 1.48. The van der Waals surface area contributed by atoms with Crippen molar-refractivity contribution in [2.45, 2.75) is 44.8 Å². The van der Waals surface area contributed by atoms with Crippen LogP contribution in [0.5, 0.6) is 5.75 Å². The molecule has 2 N–H and O–H groups in total. The Kier molecular flexibility index (Phi) is 7.58. The monoisotopic (exact) mass is 513 g/mol. The molecule has 0 aliphatic carbocycles. The van der Waals surface area contributed by atoms with Crippen molar-refractivity contribution < 1.29 is 19.4 Å². The van der Waals surface area contributed by atoms with Crippen LogP contribution in [0.3, 0.4) is 0 Å². The summed E-state index contributed by atoms with van der Waals surface area (Å²) in [6.45, 7) is 8.12. The van der Waals surface area contributed by atoms with Gasteiger partial charge in [-0.1, -0.05) is 31.6 Å². The molecule has 7 heteroatoms. The van der Waals surface area contributed by atoms with Gasteiger partial charge in [0.15, 0.2) is 0 Å². The Morgan fingerprint density at radius 2 is 2.08 bits per heavy atom. The first-order chi connectivity index (χ1) is 18.4. The van der Waals surface area contributed by atoms with E-state index in [1.54, 1.807) is 19.4 Å². The Morgan fingerprint density at radius 3 is 2.79 bits per heavy atom. The molecular weight excluding hydrogens is 478 g/mol. The van der Waals surface area contributed by atoms with Crippen LogP contribution in [0.15, 0.2) is 61.3 Å². The molecule has 3 fully saturated rings. The first kappa shape index (κ1) is 26.1. The Labute approximate surface area is 223 Å². The number of aliphatic hydroxyl groups is 1. The number of aliphatic hydroxyl groups excluding tert-OH is 1. The zero-order valence-electron chi connectivity index (χ0n) is 22.0. The predicted molar refractivity (Wildman–Crippen MR) is 147 cm³/mol. The number of amides is 2. The summed E-state index contributed by atoms with van der Waals surface area (Å²) in [6.07, 6.45) is 7.43. The van der Waals surface area contributed by atoms with Crippen molar-refractivity contribution in [1.82, 2.24) is 15.2 Å². The van der Waals surface area contributed by atoms with Crippen molar-refractivity contribution in [3.63, 3.8) is 0 Å². The van der Waals surface area contributed by atoms with Crippen LogP contribution in [-0.2, 0) is 6.42 Å². The Morgan fingerprint density at radius 1 is 1.24 bits per heavy atom. The van der Waals surface area contributed by atoms with E-state index in [0.29, 0.717) is 23.0 Å². The smallest absolute Gasteiger partial charge is 0.259 e. The zero-order valence-corrected chi connectivity index (χ0v) is 22.0. The number of hydrogen-bond donors (Lipinski definition) is 2. The molecule has 3 aromatic rings. The highest BCUT2D eigenvalue weighted by Crippen LogP contribution is 2.42. The third-order valence-electron chi connectivity index (χ3n) is 8.19. The molecule has 7 nitrogen and oxygen atoms in total. The predicted octanol–water partition coefficient (Wildman–Crippen LogP) is 4.70. The molecule has 4 aliphatic heterocycles. The fourth-order valence-electron chi connectivity index (χ4n) is 6.21. The fraction of sp³-hybridized carbons (Fsp3) is 0.387. The number of imide groups is 1. The summed E-state index contributed by atoms with van der Waals surface area (Å²) >= 11 is 0. The molecule has 5 atom stereocenters. The summed E-state index contributed by atoms with van der Waals surface area (Å²) in [5.41, 5.74) is 3.90. The van der Waals surface area contributed by atoms with E-state index in [-0.39, 0.29) is 17.9 Å². The fourth-order valence-corrected chi connectivity index (χ4v) is 6.21. The normalized spacial score (nSPS) is 24.3. The number of hydrogen-bond acceptors (Lipinski definition) is 6. The second kappa shape index (κ2) is 11.1. The van der Waals surface area contributed by atoms with Crippen molar-refractivity contribution in [2.24, 2.45) is 11.8 Å². The second-order valence-electron chi connectivity index (χ2n) is 10.3. The minimum absolute atomic E-state index is 0.178. The number of aryl methyl sites for hydroxylation is 1. The lowest BCUT2D eigenvalue weighted by molar-refractivity contribution is -0.0444. The molecule has 198 valence electrons. The molecule has 2 bridgehead atoms. The van der Waals surface area contributed by atoms with Crippen molar-refractivity contribution in [3.8, 4) is 5.75 Å². The SMILES string of the molecule is C=C[C@@H]1CN2CCC1C[C@H]2[C@@H](O)c1ccnc2ccc(OC)cc12.CCCc1cccc2c1C(=O)NC2=O. The number of pyridine rings is 1. The number of ether oxygens (including phenoxy) is 1. The highest BCUT2D eigenvalue weighted by atomic mass is 16.5. The summed E-state index contributed by atoms with van der Waals surface area (Å²) < 4.78 is 5.35. The molecule has 1 aromatic heterocycles. The average Bonchev–Trinajstić information content (AvgIpc) is 3.26. The van der Waals surface area contributed by atoms with Crippen LogP contribution in [-0.4, -0.2) is 53.0 Å². The van der Waals surface area contributed by atoms with Crippen LogP contribution >= 0.6 is 0 Å². The molecule has 38 heavy (non-hydrogen) atoms. The van der Waals surface area contributed by atoms with E-state index in [2.05, 4.69) is 27.9 Å². The standard InChI is InChI=1S/C20H24N2O2.C11H11NO2/c1-3-13-12-22-9-7-14(13)10-19(22)20(23)16-6-8-21-18-5-4-15(24-2)11-17(16)18;1-2-4-7-5-3-6-8-9(7)11(14)12-10(8)13/h3-6,8,11,13-14,19-20,23H,1,7,9-10,12H2,2H3;3,5-6H,2,4H2,1H3,(H,12,13,14)/t13-,14?,19+,20+;/m1./s1. The van der Waals surface area contributed by atoms with Crippen molar-refractivity contribution in [2.75, 3.05) is 20.2 Å². The van der Waals surface area contributed by atoms with Crippen LogP contribution in [0.1, 0.15) is 64.1 Å². The second-order valence-corrected chi connectivity index (χ2v) is 10.3. The minimum atomic E-state index is -0.504. The maximum atomic E-state index is 11.4. The van der Waals surface area contributed by atoms with Gasteiger partial charge in [0.2, 0.25) is 0 Å². The zero-order chi connectivity index (χ0) is 26.8. The number of methoxy groups -OCH3 is 1. The third kappa shape index (κ3) is 4.84. The van der Waals surface area contributed by atoms with Crippen molar-refractivity contribution >= 4 is 22.7 Å². The van der Waals surface area contributed by atoms with Gasteiger partial charge in [-0.25, -0.2) is 0 Å². The van der Waals surface area contributed by atoms with E-state index < -0.39 is 6.10 Å². The largest absolute Gasteiger partial charge is 0.497 e. The van der Waals surface area contributed by atoms with Crippen LogP contribution in [0.4, 0.5) is 0 Å². The van der Waals surface area contributed by atoms with Gasteiger partial charge in [-0.3, -0.25) is 24.8 Å². The van der Waals surface area contributed by atoms with Crippen molar-refractivity contribution in [1.29, 1.82) is 0 Å². The highest BCUT2D eigenvalue weighted by Gasteiger charge is 2.42. The lowest BCUT2D eigenvalue weighted by atomic mass is 9.73. The maximum absolute atomic E-state index is 11.4. The number of piperidine rings is 3. The van der Waals surface area contributed by atoms with E-state index in [9.17, 15) is 14.7 Å². The van der Waals surface area contributed by atoms with Crippen molar-refractivity contribution in [3.05, 3.63) is 83.6 Å². The third-order valence-corrected chi connectivity index (χ3v) is 8.19. The van der Waals surface area contributed by atoms with Crippen LogP contribution in [0, 0.1) is 11.8 Å². The number of nitrogens with one attached hydrogen (secondary N) is 1. The molecular formula is C31H35N3O4. The van der Waals surface area contributed by atoms with Gasteiger partial charge in [-0.05, 0) is 79.1 Å². The summed E-state index contributed by atoms with van der Waals surface area (Å²) in [4.78, 5) is 29.6. The maximum Gasteiger partial charge on any atom is 0.259 e. The first-order valence-corrected chi connectivity index (χ1v) is 13.4. The van der Waals surface area contributed by atoms with Gasteiger partial charge >= 0.3 is 0 Å². The Bertz CT molecular complexity index is 1370. The number of benzene rings is 2. The summed E-state index contributed by atoms with van der Waals surface area (Å²) in [6, 6.07) is 13.4. The first-order valence-electron chi connectivity index (χ1n) is 13.4. The Balaban J connectivity index is 0.000000179. The van der Waals surface area contributed by atoms with E-state index in [4.69, 9.17) is 4.74 Å². The highest BCUT2D eigenvalue weighted by molar-refractivity contribution is 6.22. The molecule has 2 amide bonds. The molecule has 0 saturated carbocycles. The molecule has 0 radical (unpaired) electrons. The molecule has 3 saturated heterocycles. The quantitative estimate of drug-likeness (QED) is 0.367. The van der Waals surface area contributed by atoms with Gasteiger partial charge < -0.3 is 9.84 Å². The average molecular weight is 514 g/mol. The van der Waals surface area contributed by atoms with Crippen LogP contribution in [0.25, 0.3) is 10.9 Å². The van der Waals surface area contributed by atoms with E-state index in [1.165, 1.54) is 6.42 Å². The van der Waals surface area contributed by atoms with Gasteiger partial charge in [0.1, 0.15) is 5.75 Å². The topological polar surface area (TPSA) is 91.8 Å². The molecule has 2 aromatic carbocycles. The van der Waals surface area contributed by atoms with Gasteiger partial charge in [0, 0.05) is 24.2 Å². The van der Waals surface area contributed by atoms with E-state index in [0.717, 1.165) is 60.1 Å². The minimum Gasteiger partial charge on any atom is -0.497 e. The van der Waals surface area contributed by atoms with E-state index >= 15 is 0 Å². The number of rotatable bonds is 6. The number of carbonyl (C=O) groups excluding carboxylic acids is 2. The molecule has 2 unspecified atom stereocenters. The van der Waals surface area contributed by atoms with Crippen LogP contribution < -0.4 is 10.1 Å². The van der Waals surface area contributed by atoms with Gasteiger partial charge in [0.25, 0.3) is 11.8 Å². The van der Waals surface area contributed by atoms with Gasteiger partial charge in [0.05, 0.1) is 29.9 Å². The number of nitrogens with zero attached hydrogens (tertiary/aromatic N) is 2. The Hall–Kier alpha value is -3.55. The molecule has 7 rings (SSSR count). The van der Waals surface area contributed by atoms with Gasteiger partial charge in [-0.2, -0.15) is 0 Å².